The number of anilines is 1. The van der Waals surface area contributed by atoms with Crippen molar-refractivity contribution >= 4 is 27.5 Å². The fourth-order valence-corrected chi connectivity index (χ4v) is 5.70. The summed E-state index contributed by atoms with van der Waals surface area (Å²) in [5.41, 5.74) is 9.55. The summed E-state index contributed by atoms with van der Waals surface area (Å²) in [6.45, 7) is 4.32. The maximum Gasteiger partial charge on any atom is 0.116 e. The molecule has 192 valence electrons. The molecular formula is C32H29N7. The number of H-pyrrole nitrogens is 2. The Labute approximate surface area is 226 Å². The number of benzene rings is 1. The molecule has 7 rings (SSSR count). The van der Waals surface area contributed by atoms with Crippen LogP contribution in [0.4, 0.5) is 5.69 Å². The van der Waals surface area contributed by atoms with Crippen LogP contribution in [0.3, 0.4) is 0 Å². The van der Waals surface area contributed by atoms with Gasteiger partial charge in [-0.25, -0.2) is 0 Å². The summed E-state index contributed by atoms with van der Waals surface area (Å²) in [6.07, 6.45) is 13.7. The Morgan fingerprint density at radius 1 is 0.846 bits per heavy atom. The maximum absolute atomic E-state index is 4.71. The minimum absolute atomic E-state index is 0.528. The van der Waals surface area contributed by atoms with E-state index in [-0.39, 0.29) is 0 Å². The van der Waals surface area contributed by atoms with Crippen LogP contribution < -0.4 is 5.32 Å². The number of nitrogens with zero attached hydrogens (tertiary/aromatic N) is 4. The number of nitrogens with one attached hydrogen (secondary N) is 3. The van der Waals surface area contributed by atoms with E-state index in [4.69, 9.17) is 4.98 Å². The molecule has 0 amide bonds. The zero-order chi connectivity index (χ0) is 26.2. The Kier molecular flexibility index (Phi) is 5.89. The number of fused-ring (bicyclic) bond motifs is 2. The lowest BCUT2D eigenvalue weighted by Gasteiger charge is -2.24. The van der Waals surface area contributed by atoms with Gasteiger partial charge in [0.2, 0.25) is 0 Å². The van der Waals surface area contributed by atoms with Gasteiger partial charge >= 0.3 is 0 Å². The molecule has 39 heavy (non-hydrogen) atoms. The first kappa shape index (κ1) is 23.3. The van der Waals surface area contributed by atoms with Crippen LogP contribution in [0.5, 0.6) is 0 Å². The van der Waals surface area contributed by atoms with Gasteiger partial charge in [-0.05, 0) is 55.2 Å². The van der Waals surface area contributed by atoms with E-state index in [9.17, 15) is 0 Å². The molecule has 0 bridgehead atoms. The van der Waals surface area contributed by atoms with Crippen LogP contribution in [0.15, 0.2) is 91.7 Å². The van der Waals surface area contributed by atoms with Crippen LogP contribution in [0.25, 0.3) is 55.7 Å². The number of aromatic nitrogens is 6. The summed E-state index contributed by atoms with van der Waals surface area (Å²) in [6, 6.07) is 18.5. The molecule has 0 spiro atoms. The first-order valence-electron chi connectivity index (χ1n) is 13.5. The van der Waals surface area contributed by atoms with Gasteiger partial charge in [-0.15, -0.1) is 0 Å². The molecule has 0 atom stereocenters. The second-order valence-electron chi connectivity index (χ2n) is 10.3. The molecule has 7 heteroatoms. The van der Waals surface area contributed by atoms with Crippen molar-refractivity contribution in [2.24, 2.45) is 5.92 Å². The number of pyridine rings is 3. The molecule has 0 saturated heterocycles. The smallest absolute Gasteiger partial charge is 0.116 e. The van der Waals surface area contributed by atoms with Crippen molar-refractivity contribution in [2.75, 3.05) is 5.32 Å². The predicted octanol–water partition coefficient (Wildman–Crippen LogP) is 7.74. The lowest BCUT2D eigenvalue weighted by atomic mass is 9.87. The monoisotopic (exact) mass is 511 g/mol. The SMILES string of the molecule is C=C(Nc1cncc(-c2cc3c(-c4cc5c(-c6ccccn6)cccc5[nH]4)n[nH]c3cn2)c1)C1CCCCC1. The zero-order valence-corrected chi connectivity index (χ0v) is 21.6. The average molecular weight is 512 g/mol. The minimum atomic E-state index is 0.528. The molecule has 6 aromatic rings. The van der Waals surface area contributed by atoms with Gasteiger partial charge in [0.1, 0.15) is 5.69 Å². The highest BCUT2D eigenvalue weighted by atomic mass is 15.1. The highest BCUT2D eigenvalue weighted by Gasteiger charge is 2.18. The second kappa shape index (κ2) is 9.83. The molecule has 5 heterocycles. The number of allylic oxidation sites excluding steroid dienone is 1. The average Bonchev–Trinajstić information content (AvgIpc) is 3.62. The van der Waals surface area contributed by atoms with E-state index in [0.29, 0.717) is 5.92 Å². The number of aromatic amines is 2. The van der Waals surface area contributed by atoms with Crippen molar-refractivity contribution < 1.29 is 0 Å². The number of hydrogen-bond acceptors (Lipinski definition) is 5. The van der Waals surface area contributed by atoms with Crippen LogP contribution in [0, 0.1) is 5.92 Å². The summed E-state index contributed by atoms with van der Waals surface area (Å²) in [7, 11) is 0. The van der Waals surface area contributed by atoms with Crippen LogP contribution in [0.1, 0.15) is 32.1 Å². The molecule has 0 radical (unpaired) electrons. The summed E-state index contributed by atoms with van der Waals surface area (Å²) in [5, 5.41) is 13.4. The van der Waals surface area contributed by atoms with Crippen molar-refractivity contribution in [3.63, 3.8) is 0 Å². The number of rotatable bonds is 6. The van der Waals surface area contributed by atoms with E-state index in [1.165, 1.54) is 32.1 Å². The molecule has 5 aromatic heterocycles. The van der Waals surface area contributed by atoms with Gasteiger partial charge in [0, 0.05) is 45.5 Å². The Bertz CT molecular complexity index is 1790. The zero-order valence-electron chi connectivity index (χ0n) is 21.6. The Morgan fingerprint density at radius 3 is 2.64 bits per heavy atom. The molecule has 7 nitrogen and oxygen atoms in total. The van der Waals surface area contributed by atoms with Gasteiger partial charge in [-0.1, -0.05) is 44.0 Å². The summed E-state index contributed by atoms with van der Waals surface area (Å²) < 4.78 is 0. The summed E-state index contributed by atoms with van der Waals surface area (Å²) in [5.74, 6) is 0.528. The predicted molar refractivity (Wildman–Crippen MR) is 157 cm³/mol. The van der Waals surface area contributed by atoms with Crippen molar-refractivity contribution in [1.82, 2.24) is 30.1 Å². The van der Waals surface area contributed by atoms with E-state index >= 15 is 0 Å². The van der Waals surface area contributed by atoms with E-state index in [1.54, 1.807) is 0 Å². The van der Waals surface area contributed by atoms with Crippen molar-refractivity contribution in [2.45, 2.75) is 32.1 Å². The van der Waals surface area contributed by atoms with Gasteiger partial charge in [0.05, 0.1) is 40.7 Å². The van der Waals surface area contributed by atoms with Crippen LogP contribution in [0.2, 0.25) is 0 Å². The van der Waals surface area contributed by atoms with E-state index in [2.05, 4.69) is 67.4 Å². The van der Waals surface area contributed by atoms with Gasteiger partial charge < -0.3 is 10.3 Å². The van der Waals surface area contributed by atoms with Crippen molar-refractivity contribution in [1.29, 1.82) is 0 Å². The highest BCUT2D eigenvalue weighted by molar-refractivity contribution is 6.01. The first-order chi connectivity index (χ1) is 19.2. The van der Waals surface area contributed by atoms with Gasteiger partial charge in [-0.3, -0.25) is 20.1 Å². The Morgan fingerprint density at radius 2 is 1.77 bits per heavy atom. The highest BCUT2D eigenvalue weighted by Crippen LogP contribution is 2.35. The van der Waals surface area contributed by atoms with Gasteiger partial charge in [0.25, 0.3) is 0 Å². The van der Waals surface area contributed by atoms with Crippen molar-refractivity contribution in [3.05, 3.63) is 91.7 Å². The third kappa shape index (κ3) is 4.46. The molecule has 3 N–H and O–H groups in total. The molecule has 1 aromatic carbocycles. The largest absolute Gasteiger partial charge is 0.358 e. The van der Waals surface area contributed by atoms with E-state index in [1.807, 2.05) is 49.1 Å². The van der Waals surface area contributed by atoms with Crippen molar-refractivity contribution in [3.8, 4) is 33.9 Å². The second-order valence-corrected chi connectivity index (χ2v) is 10.3. The molecule has 0 unspecified atom stereocenters. The fourth-order valence-electron chi connectivity index (χ4n) is 5.70. The topological polar surface area (TPSA) is 95.2 Å². The van der Waals surface area contributed by atoms with Gasteiger partial charge in [0.15, 0.2) is 0 Å². The molecule has 1 aliphatic carbocycles. The molecule has 1 aliphatic rings. The maximum atomic E-state index is 4.71. The van der Waals surface area contributed by atoms with E-state index < -0.39 is 0 Å². The van der Waals surface area contributed by atoms with Crippen LogP contribution >= 0.6 is 0 Å². The van der Waals surface area contributed by atoms with Crippen LogP contribution in [-0.2, 0) is 0 Å². The normalized spacial score (nSPS) is 14.2. The van der Waals surface area contributed by atoms with Gasteiger partial charge in [-0.2, -0.15) is 5.10 Å². The lowest BCUT2D eigenvalue weighted by Crippen LogP contribution is -2.14. The summed E-state index contributed by atoms with van der Waals surface area (Å²) >= 11 is 0. The quantitative estimate of drug-likeness (QED) is 0.213. The Hall–Kier alpha value is -4.78. The summed E-state index contributed by atoms with van der Waals surface area (Å²) in [4.78, 5) is 17.3. The molecule has 0 aliphatic heterocycles. The lowest BCUT2D eigenvalue weighted by molar-refractivity contribution is 0.405. The molecule has 1 saturated carbocycles. The third-order valence-corrected chi connectivity index (χ3v) is 7.74. The van der Waals surface area contributed by atoms with Crippen LogP contribution in [-0.4, -0.2) is 30.1 Å². The first-order valence-corrected chi connectivity index (χ1v) is 13.5. The standard InChI is InChI=1S/C32H29N7/c1-20(21-8-3-2-4-9-21)36-23-14-22(17-33-18-23)29-16-26-31(19-35-29)38-39-32(26)30-15-25-24(10-7-12-28(25)37-30)27-11-5-6-13-34-27/h5-7,10-19,21,36-37H,1-4,8-9H2,(H,38,39). The van der Waals surface area contributed by atoms with E-state index in [0.717, 1.165) is 67.1 Å². The third-order valence-electron chi connectivity index (χ3n) is 7.74. The molecule has 1 fully saturated rings. The Balaban J connectivity index is 1.23. The minimum Gasteiger partial charge on any atom is -0.358 e. The number of hydrogen-bond donors (Lipinski definition) is 3. The molecular weight excluding hydrogens is 482 g/mol. The fraction of sp³-hybridized carbons (Fsp3) is 0.188.